The molecule has 25 heavy (non-hydrogen) atoms. The van der Waals surface area contributed by atoms with Crippen molar-refractivity contribution >= 4 is 0 Å². The largest absolute Gasteiger partial charge is 0.203 e. The topological polar surface area (TPSA) is 7.76 Å². The second kappa shape index (κ2) is 7.18. The highest BCUT2D eigenvalue weighted by Crippen LogP contribution is 2.22. The van der Waals surface area contributed by atoms with Gasteiger partial charge in [0.05, 0.1) is 0 Å². The van der Waals surface area contributed by atoms with Crippen LogP contribution in [0.5, 0.6) is 0 Å². The summed E-state index contributed by atoms with van der Waals surface area (Å²) in [6.45, 7) is 6.53. The van der Waals surface area contributed by atoms with Crippen molar-refractivity contribution in [3.63, 3.8) is 0 Å². The van der Waals surface area contributed by atoms with Crippen LogP contribution in [0.3, 0.4) is 0 Å². The molecule has 0 atom stereocenters. The maximum absolute atomic E-state index is 2.35. The summed E-state index contributed by atoms with van der Waals surface area (Å²) >= 11 is 0. The third-order valence-corrected chi connectivity index (χ3v) is 5.28. The molecule has 1 aromatic carbocycles. The molecular formula is C23H28N2+2. The highest BCUT2D eigenvalue weighted by atomic mass is 14.9. The molecule has 0 aliphatic rings. The number of aromatic nitrogens is 2. The Bertz CT molecular complexity index is 872. The first-order valence-corrected chi connectivity index (χ1v) is 8.97. The van der Waals surface area contributed by atoms with E-state index in [4.69, 9.17) is 0 Å². The molecular weight excluding hydrogens is 304 g/mol. The zero-order valence-corrected chi connectivity index (χ0v) is 16.0. The molecule has 0 N–H and O–H groups in total. The van der Waals surface area contributed by atoms with Gasteiger partial charge in [-0.2, -0.15) is 0 Å². The third kappa shape index (κ3) is 3.79. The molecule has 0 saturated carbocycles. The Morgan fingerprint density at radius 2 is 1.16 bits per heavy atom. The summed E-state index contributed by atoms with van der Waals surface area (Å²) in [7, 11) is 4.29. The van der Waals surface area contributed by atoms with Gasteiger partial charge in [0.2, 0.25) is 0 Å². The highest BCUT2D eigenvalue weighted by molar-refractivity contribution is 5.63. The minimum absolute atomic E-state index is 1.05. The standard InChI is InChI=1S/C23H28N2/c1-17-13-21(14-18(2)24(17)4)22-15-19(3)25(5)23(16-22)12-11-20-9-7-6-8-10-20/h6-10,13-16H,11-12H2,1-5H3/q+2. The zero-order chi connectivity index (χ0) is 18.0. The molecule has 0 saturated heterocycles. The van der Waals surface area contributed by atoms with Crippen molar-refractivity contribution in [1.82, 2.24) is 0 Å². The van der Waals surface area contributed by atoms with Crippen molar-refractivity contribution in [3.05, 3.63) is 82.9 Å². The molecule has 2 heterocycles. The summed E-state index contributed by atoms with van der Waals surface area (Å²) < 4.78 is 4.55. The second-order valence-electron chi connectivity index (χ2n) is 7.01. The summed E-state index contributed by atoms with van der Waals surface area (Å²) in [6, 6.07) is 19.9. The fourth-order valence-electron chi connectivity index (χ4n) is 3.32. The lowest BCUT2D eigenvalue weighted by Gasteiger charge is -2.09. The molecule has 3 aromatic rings. The predicted molar refractivity (Wildman–Crippen MR) is 102 cm³/mol. The number of hydrogen-bond donors (Lipinski definition) is 0. The van der Waals surface area contributed by atoms with E-state index in [9.17, 15) is 0 Å². The molecule has 0 fully saturated rings. The smallest absolute Gasteiger partial charge is 0.182 e. The summed E-state index contributed by atoms with van der Waals surface area (Å²) in [6.07, 6.45) is 2.12. The van der Waals surface area contributed by atoms with Crippen LogP contribution in [0.1, 0.15) is 28.3 Å². The van der Waals surface area contributed by atoms with Gasteiger partial charge in [0.25, 0.3) is 0 Å². The summed E-state index contributed by atoms with van der Waals surface area (Å²) in [5, 5.41) is 0. The number of hydrogen-bond acceptors (Lipinski definition) is 0. The van der Waals surface area contributed by atoms with Crippen molar-refractivity contribution in [2.24, 2.45) is 14.1 Å². The van der Waals surface area contributed by atoms with E-state index >= 15 is 0 Å². The van der Waals surface area contributed by atoms with Crippen molar-refractivity contribution in [2.45, 2.75) is 33.6 Å². The van der Waals surface area contributed by atoms with E-state index in [1.165, 1.54) is 39.5 Å². The predicted octanol–water partition coefficient (Wildman–Crippen LogP) is 3.71. The Morgan fingerprint density at radius 1 is 0.640 bits per heavy atom. The average molecular weight is 332 g/mol. The molecule has 128 valence electrons. The Labute approximate surface area is 151 Å². The zero-order valence-electron chi connectivity index (χ0n) is 16.0. The van der Waals surface area contributed by atoms with E-state index in [0.29, 0.717) is 0 Å². The van der Waals surface area contributed by atoms with E-state index in [1.807, 2.05) is 0 Å². The average Bonchev–Trinajstić information content (AvgIpc) is 2.61. The Balaban J connectivity index is 1.95. The molecule has 0 aliphatic carbocycles. The molecule has 0 radical (unpaired) electrons. The van der Waals surface area contributed by atoms with Crippen LogP contribution in [0.4, 0.5) is 0 Å². The first kappa shape index (κ1) is 17.3. The minimum atomic E-state index is 1.05. The van der Waals surface area contributed by atoms with E-state index in [0.717, 1.165) is 12.8 Å². The van der Waals surface area contributed by atoms with Gasteiger partial charge in [0.15, 0.2) is 22.8 Å². The summed E-state index contributed by atoms with van der Waals surface area (Å²) in [5.41, 5.74) is 9.25. The summed E-state index contributed by atoms with van der Waals surface area (Å²) in [4.78, 5) is 0. The normalized spacial score (nSPS) is 10.9. The number of pyridine rings is 2. The first-order chi connectivity index (χ1) is 12.0. The molecule has 0 spiro atoms. The molecule has 2 heteroatoms. The van der Waals surface area contributed by atoms with Crippen LogP contribution in [0.25, 0.3) is 11.1 Å². The van der Waals surface area contributed by atoms with Gasteiger partial charge < -0.3 is 0 Å². The Hall–Kier alpha value is -2.48. The van der Waals surface area contributed by atoms with Crippen molar-refractivity contribution < 1.29 is 9.13 Å². The molecule has 2 aromatic heterocycles. The Morgan fingerprint density at radius 3 is 1.76 bits per heavy atom. The van der Waals surface area contributed by atoms with Gasteiger partial charge in [-0.15, -0.1) is 0 Å². The van der Waals surface area contributed by atoms with Crippen LogP contribution in [0.2, 0.25) is 0 Å². The molecule has 3 rings (SSSR count). The maximum Gasteiger partial charge on any atom is 0.182 e. The van der Waals surface area contributed by atoms with Gasteiger partial charge in [-0.25, -0.2) is 9.13 Å². The second-order valence-corrected chi connectivity index (χ2v) is 7.01. The molecule has 0 aliphatic heterocycles. The number of aryl methyl sites for hydroxylation is 5. The SMILES string of the molecule is Cc1cc(-c2cc(C)[n+](C)c(CCc3ccccc3)c2)cc(C)[n+]1C. The molecule has 0 amide bonds. The van der Waals surface area contributed by atoms with E-state index in [1.54, 1.807) is 0 Å². The van der Waals surface area contributed by atoms with Crippen LogP contribution >= 0.6 is 0 Å². The van der Waals surface area contributed by atoms with Crippen molar-refractivity contribution in [3.8, 4) is 11.1 Å². The van der Waals surface area contributed by atoms with Gasteiger partial charge in [-0.05, 0) is 23.1 Å². The summed E-state index contributed by atoms with van der Waals surface area (Å²) in [5.74, 6) is 0. The van der Waals surface area contributed by atoms with Crippen molar-refractivity contribution in [1.29, 1.82) is 0 Å². The van der Waals surface area contributed by atoms with Gasteiger partial charge in [0, 0.05) is 51.5 Å². The first-order valence-electron chi connectivity index (χ1n) is 8.97. The maximum atomic E-state index is 2.35. The number of rotatable bonds is 4. The molecule has 0 bridgehead atoms. The van der Waals surface area contributed by atoms with E-state index in [2.05, 4.69) is 98.6 Å². The van der Waals surface area contributed by atoms with Gasteiger partial charge in [-0.1, -0.05) is 30.3 Å². The lowest BCUT2D eigenvalue weighted by molar-refractivity contribution is -0.685. The minimum Gasteiger partial charge on any atom is -0.203 e. The Kier molecular flexibility index (Phi) is 4.98. The van der Waals surface area contributed by atoms with Crippen LogP contribution in [-0.4, -0.2) is 0 Å². The van der Waals surface area contributed by atoms with Gasteiger partial charge >= 0.3 is 0 Å². The molecule has 0 unspecified atom stereocenters. The lowest BCUT2D eigenvalue weighted by atomic mass is 10.0. The fourth-order valence-corrected chi connectivity index (χ4v) is 3.32. The van der Waals surface area contributed by atoms with E-state index in [-0.39, 0.29) is 0 Å². The quantitative estimate of drug-likeness (QED) is 0.644. The third-order valence-electron chi connectivity index (χ3n) is 5.28. The van der Waals surface area contributed by atoms with E-state index < -0.39 is 0 Å². The highest BCUT2D eigenvalue weighted by Gasteiger charge is 2.16. The molecule has 2 nitrogen and oxygen atoms in total. The van der Waals surface area contributed by atoms with Crippen molar-refractivity contribution in [2.75, 3.05) is 0 Å². The number of nitrogens with zero attached hydrogens (tertiary/aromatic N) is 2. The van der Waals surface area contributed by atoms with Crippen LogP contribution in [0.15, 0.2) is 54.6 Å². The van der Waals surface area contributed by atoms with Gasteiger partial charge in [0.1, 0.15) is 14.1 Å². The van der Waals surface area contributed by atoms with Gasteiger partial charge in [-0.3, -0.25) is 0 Å². The fraction of sp³-hybridized carbons (Fsp3) is 0.304. The number of benzene rings is 1. The lowest BCUT2D eigenvalue weighted by Crippen LogP contribution is -2.37. The van der Waals surface area contributed by atoms with Crippen LogP contribution in [-0.2, 0) is 26.9 Å². The van der Waals surface area contributed by atoms with Crippen LogP contribution < -0.4 is 9.13 Å². The monoisotopic (exact) mass is 332 g/mol. The van der Waals surface area contributed by atoms with Crippen LogP contribution in [0, 0.1) is 20.8 Å².